The molecule has 0 atom stereocenters. The summed E-state index contributed by atoms with van der Waals surface area (Å²) < 4.78 is 1.81. The molecule has 0 radical (unpaired) electrons. The maximum Gasteiger partial charge on any atom is 0.224 e. The summed E-state index contributed by atoms with van der Waals surface area (Å²) in [6.07, 6.45) is 2.09. The lowest BCUT2D eigenvalue weighted by molar-refractivity contribution is -0.120. The fraction of sp³-hybridized carbons (Fsp3) is 0.400. The molecule has 0 bridgehead atoms. The van der Waals surface area contributed by atoms with Gasteiger partial charge in [0.2, 0.25) is 5.91 Å². The number of anilines is 1. The van der Waals surface area contributed by atoms with E-state index in [0.29, 0.717) is 24.5 Å². The highest BCUT2D eigenvalue weighted by atomic mass is 35.5. The minimum atomic E-state index is -0.0391. The highest BCUT2D eigenvalue weighted by molar-refractivity contribution is 7.99. The Morgan fingerprint density at radius 3 is 2.69 bits per heavy atom. The lowest BCUT2D eigenvalue weighted by Gasteiger charge is -2.11. The Morgan fingerprint density at radius 1 is 1.24 bits per heavy atom. The van der Waals surface area contributed by atoms with E-state index in [4.69, 9.17) is 11.6 Å². The molecule has 2 heterocycles. The summed E-state index contributed by atoms with van der Waals surface area (Å²) in [4.78, 5) is 21.5. The molecule has 1 aromatic carbocycles. The largest absolute Gasteiger partial charge is 0.367 e. The molecule has 3 rings (SSSR count). The Kier molecular flexibility index (Phi) is 7.33. The van der Waals surface area contributed by atoms with Gasteiger partial charge in [-0.2, -0.15) is 5.10 Å². The van der Waals surface area contributed by atoms with Crippen LogP contribution in [0.15, 0.2) is 35.6 Å². The molecular weight excluding hydrogens is 408 g/mol. The lowest BCUT2D eigenvalue weighted by atomic mass is 10.1. The first-order chi connectivity index (χ1) is 14.0. The zero-order valence-corrected chi connectivity index (χ0v) is 18.3. The van der Waals surface area contributed by atoms with Crippen LogP contribution in [0.3, 0.4) is 0 Å². The van der Waals surface area contributed by atoms with Crippen molar-refractivity contribution in [2.75, 3.05) is 17.6 Å². The van der Waals surface area contributed by atoms with Crippen LogP contribution in [-0.4, -0.2) is 44.0 Å². The van der Waals surface area contributed by atoms with Crippen molar-refractivity contribution in [3.05, 3.63) is 41.0 Å². The number of carbonyl (C=O) groups excluding carboxylic acids is 1. The van der Waals surface area contributed by atoms with Crippen molar-refractivity contribution in [1.82, 2.24) is 25.1 Å². The van der Waals surface area contributed by atoms with Gasteiger partial charge in [-0.25, -0.2) is 14.6 Å². The molecule has 154 valence electrons. The van der Waals surface area contributed by atoms with Gasteiger partial charge in [-0.3, -0.25) is 4.79 Å². The Morgan fingerprint density at radius 2 is 2.00 bits per heavy atom. The van der Waals surface area contributed by atoms with Crippen molar-refractivity contribution < 1.29 is 4.79 Å². The van der Waals surface area contributed by atoms with E-state index >= 15 is 0 Å². The third-order valence-electron chi connectivity index (χ3n) is 4.10. The van der Waals surface area contributed by atoms with Crippen molar-refractivity contribution in [2.24, 2.45) is 0 Å². The summed E-state index contributed by atoms with van der Waals surface area (Å²) in [6.45, 7) is 7.21. The van der Waals surface area contributed by atoms with Crippen LogP contribution in [0.25, 0.3) is 11.0 Å². The monoisotopic (exact) mass is 432 g/mol. The molecule has 0 spiro atoms. The number of thioether (sulfide) groups is 1. The molecule has 1 amide bonds. The number of aromatic nitrogens is 4. The summed E-state index contributed by atoms with van der Waals surface area (Å²) in [7, 11) is 0. The Bertz CT molecular complexity index is 973. The van der Waals surface area contributed by atoms with Crippen molar-refractivity contribution in [3.63, 3.8) is 0 Å². The highest BCUT2D eigenvalue weighted by Crippen LogP contribution is 2.24. The van der Waals surface area contributed by atoms with Gasteiger partial charge >= 0.3 is 0 Å². The van der Waals surface area contributed by atoms with E-state index in [9.17, 15) is 4.79 Å². The summed E-state index contributed by atoms with van der Waals surface area (Å²) in [5.41, 5.74) is 1.70. The highest BCUT2D eigenvalue weighted by Gasteiger charge is 2.14. The Balaban J connectivity index is 1.67. The lowest BCUT2D eigenvalue weighted by Crippen LogP contribution is -2.28. The third-order valence-corrected chi connectivity index (χ3v) is 5.08. The van der Waals surface area contributed by atoms with Gasteiger partial charge in [0.25, 0.3) is 0 Å². The predicted octanol–water partition coefficient (Wildman–Crippen LogP) is 3.77. The molecule has 2 N–H and O–H groups in total. The number of fused-ring (bicyclic) bond motifs is 1. The summed E-state index contributed by atoms with van der Waals surface area (Å²) in [5.74, 6) is 1.64. The van der Waals surface area contributed by atoms with Crippen LogP contribution in [0, 0.1) is 0 Å². The molecule has 9 heteroatoms. The van der Waals surface area contributed by atoms with Crippen molar-refractivity contribution in [3.8, 4) is 0 Å². The normalized spacial score (nSPS) is 11.2. The maximum atomic E-state index is 12.2. The van der Waals surface area contributed by atoms with Crippen molar-refractivity contribution in [1.29, 1.82) is 0 Å². The number of benzene rings is 1. The SMILES string of the molecule is CCSc1nc(NC(C)C)c2cnn(CCNC(=O)Cc3ccc(Cl)cc3)c2n1. The Labute approximate surface area is 179 Å². The van der Waals surface area contributed by atoms with E-state index in [1.165, 1.54) is 0 Å². The maximum absolute atomic E-state index is 12.2. The second-order valence-corrected chi connectivity index (χ2v) is 8.51. The van der Waals surface area contributed by atoms with E-state index < -0.39 is 0 Å². The molecule has 0 saturated carbocycles. The molecule has 0 saturated heterocycles. The molecule has 0 unspecified atom stereocenters. The summed E-state index contributed by atoms with van der Waals surface area (Å²) in [5, 5.41) is 13.0. The summed E-state index contributed by atoms with van der Waals surface area (Å²) >= 11 is 7.47. The number of rotatable bonds is 9. The number of hydrogen-bond donors (Lipinski definition) is 2. The van der Waals surface area contributed by atoms with E-state index in [0.717, 1.165) is 33.3 Å². The van der Waals surface area contributed by atoms with Crippen LogP contribution in [-0.2, 0) is 17.8 Å². The number of carbonyl (C=O) groups is 1. The first kappa shape index (κ1) is 21.4. The van der Waals surface area contributed by atoms with E-state index in [1.54, 1.807) is 30.1 Å². The molecular formula is C20H25ClN6OS. The minimum absolute atomic E-state index is 0.0391. The number of halogens is 1. The third kappa shape index (κ3) is 5.83. The van der Waals surface area contributed by atoms with Crippen LogP contribution < -0.4 is 10.6 Å². The zero-order chi connectivity index (χ0) is 20.8. The second-order valence-electron chi connectivity index (χ2n) is 6.85. The van der Waals surface area contributed by atoms with Gasteiger partial charge in [0, 0.05) is 17.6 Å². The molecule has 0 aliphatic rings. The van der Waals surface area contributed by atoms with Crippen LogP contribution in [0.2, 0.25) is 5.02 Å². The van der Waals surface area contributed by atoms with Crippen LogP contribution >= 0.6 is 23.4 Å². The van der Waals surface area contributed by atoms with Crippen molar-refractivity contribution in [2.45, 2.75) is 44.9 Å². The van der Waals surface area contributed by atoms with Gasteiger partial charge in [0.05, 0.1) is 24.5 Å². The van der Waals surface area contributed by atoms with E-state index in [1.807, 2.05) is 16.8 Å². The smallest absolute Gasteiger partial charge is 0.224 e. The average Bonchev–Trinajstić information content (AvgIpc) is 3.07. The van der Waals surface area contributed by atoms with E-state index in [2.05, 4.69) is 46.5 Å². The van der Waals surface area contributed by atoms with Crippen molar-refractivity contribution >= 4 is 46.1 Å². The predicted molar refractivity (Wildman–Crippen MR) is 119 cm³/mol. The number of nitrogens with zero attached hydrogens (tertiary/aromatic N) is 4. The van der Waals surface area contributed by atoms with Crippen LogP contribution in [0.4, 0.5) is 5.82 Å². The van der Waals surface area contributed by atoms with E-state index in [-0.39, 0.29) is 11.9 Å². The van der Waals surface area contributed by atoms with Crippen LogP contribution in [0.1, 0.15) is 26.3 Å². The first-order valence-electron chi connectivity index (χ1n) is 9.60. The van der Waals surface area contributed by atoms with Gasteiger partial charge in [-0.15, -0.1) is 0 Å². The van der Waals surface area contributed by atoms with Gasteiger partial charge in [-0.1, -0.05) is 42.4 Å². The second kappa shape index (κ2) is 9.93. The standard InChI is InChI=1S/C20H25ClN6OS/c1-4-29-20-25-18(24-13(2)3)16-12-23-27(19(16)26-20)10-9-22-17(28)11-14-5-7-15(21)8-6-14/h5-8,12-13H,4,9-11H2,1-3H3,(H,22,28)(H,24,25,26). The van der Waals surface area contributed by atoms with Gasteiger partial charge in [-0.05, 0) is 37.3 Å². The Hall–Kier alpha value is -2.32. The van der Waals surface area contributed by atoms with Gasteiger partial charge in [0.15, 0.2) is 10.8 Å². The van der Waals surface area contributed by atoms with Gasteiger partial charge in [0.1, 0.15) is 5.82 Å². The number of hydrogen-bond acceptors (Lipinski definition) is 6. The molecule has 3 aromatic rings. The van der Waals surface area contributed by atoms with Crippen LogP contribution in [0.5, 0.6) is 0 Å². The number of amides is 1. The topological polar surface area (TPSA) is 84.7 Å². The first-order valence-corrected chi connectivity index (χ1v) is 11.0. The molecule has 2 aromatic heterocycles. The quantitative estimate of drug-likeness (QED) is 0.395. The zero-order valence-electron chi connectivity index (χ0n) is 16.8. The summed E-state index contributed by atoms with van der Waals surface area (Å²) in [6, 6.07) is 7.54. The minimum Gasteiger partial charge on any atom is -0.367 e. The number of nitrogens with one attached hydrogen (secondary N) is 2. The van der Waals surface area contributed by atoms with Gasteiger partial charge < -0.3 is 10.6 Å². The fourth-order valence-electron chi connectivity index (χ4n) is 2.83. The molecule has 0 fully saturated rings. The molecule has 0 aliphatic carbocycles. The average molecular weight is 433 g/mol. The molecule has 7 nitrogen and oxygen atoms in total. The molecule has 29 heavy (non-hydrogen) atoms. The fourth-order valence-corrected chi connectivity index (χ4v) is 3.52. The molecule has 0 aliphatic heterocycles.